The van der Waals surface area contributed by atoms with Gasteiger partial charge in [-0.2, -0.15) is 0 Å². The SMILES string of the molecule is O=C(O)N1CC=CC(=NOCc2ccccc2)C1. The third kappa shape index (κ3) is 3.35. The van der Waals surface area contributed by atoms with E-state index in [-0.39, 0.29) is 6.54 Å². The summed E-state index contributed by atoms with van der Waals surface area (Å²) >= 11 is 0. The number of hydrogen-bond acceptors (Lipinski definition) is 3. The van der Waals surface area contributed by atoms with Crippen molar-refractivity contribution < 1.29 is 14.7 Å². The number of nitrogens with zero attached hydrogens (tertiary/aromatic N) is 2. The highest BCUT2D eigenvalue weighted by atomic mass is 16.6. The van der Waals surface area contributed by atoms with Crippen LogP contribution in [-0.4, -0.2) is 34.9 Å². The topological polar surface area (TPSA) is 62.1 Å². The molecule has 5 nitrogen and oxygen atoms in total. The van der Waals surface area contributed by atoms with Gasteiger partial charge in [0.2, 0.25) is 0 Å². The van der Waals surface area contributed by atoms with Gasteiger partial charge in [0.25, 0.3) is 0 Å². The Morgan fingerprint density at radius 3 is 2.89 bits per heavy atom. The molecule has 1 N–H and O–H groups in total. The van der Waals surface area contributed by atoms with Crippen molar-refractivity contribution in [3.05, 3.63) is 48.0 Å². The lowest BCUT2D eigenvalue weighted by Gasteiger charge is -2.20. The van der Waals surface area contributed by atoms with Crippen molar-refractivity contribution in [1.29, 1.82) is 0 Å². The fourth-order valence-corrected chi connectivity index (χ4v) is 1.60. The molecule has 1 aromatic rings. The molecule has 1 aliphatic heterocycles. The Labute approximate surface area is 105 Å². The van der Waals surface area contributed by atoms with Gasteiger partial charge in [-0.1, -0.05) is 41.6 Å². The first-order chi connectivity index (χ1) is 8.75. The van der Waals surface area contributed by atoms with Gasteiger partial charge in [0, 0.05) is 6.54 Å². The van der Waals surface area contributed by atoms with Gasteiger partial charge in [0.05, 0.1) is 12.3 Å². The molecular weight excluding hydrogens is 232 g/mol. The minimum atomic E-state index is -0.949. The second kappa shape index (κ2) is 5.86. The highest BCUT2D eigenvalue weighted by molar-refractivity contribution is 5.98. The summed E-state index contributed by atoms with van der Waals surface area (Å²) in [5, 5.41) is 12.8. The molecule has 0 saturated heterocycles. The molecule has 1 aromatic carbocycles. The van der Waals surface area contributed by atoms with Gasteiger partial charge in [-0.3, -0.25) is 4.90 Å². The molecule has 0 unspecified atom stereocenters. The van der Waals surface area contributed by atoms with Crippen LogP contribution in [0.15, 0.2) is 47.6 Å². The van der Waals surface area contributed by atoms with Crippen LogP contribution in [0.3, 0.4) is 0 Å². The number of rotatable bonds is 3. The molecule has 0 aromatic heterocycles. The second-order valence-electron chi connectivity index (χ2n) is 3.91. The van der Waals surface area contributed by atoms with Gasteiger partial charge in [-0.05, 0) is 11.6 Å². The molecule has 2 rings (SSSR count). The van der Waals surface area contributed by atoms with E-state index in [2.05, 4.69) is 5.16 Å². The molecule has 1 aliphatic rings. The maximum Gasteiger partial charge on any atom is 0.407 e. The number of benzene rings is 1. The van der Waals surface area contributed by atoms with E-state index in [1.165, 1.54) is 4.90 Å². The van der Waals surface area contributed by atoms with E-state index >= 15 is 0 Å². The Balaban J connectivity index is 1.88. The molecule has 94 valence electrons. The van der Waals surface area contributed by atoms with Crippen LogP contribution in [0, 0.1) is 0 Å². The molecule has 0 aliphatic carbocycles. The van der Waals surface area contributed by atoms with Crippen molar-refractivity contribution in [1.82, 2.24) is 4.90 Å². The summed E-state index contributed by atoms with van der Waals surface area (Å²) < 4.78 is 0. The normalized spacial score (nSPS) is 16.9. The highest BCUT2D eigenvalue weighted by Gasteiger charge is 2.15. The lowest BCUT2D eigenvalue weighted by atomic mass is 10.2. The van der Waals surface area contributed by atoms with E-state index in [0.29, 0.717) is 18.9 Å². The van der Waals surface area contributed by atoms with Crippen LogP contribution in [0.25, 0.3) is 0 Å². The summed E-state index contributed by atoms with van der Waals surface area (Å²) in [6.07, 6.45) is 2.59. The van der Waals surface area contributed by atoms with Crippen molar-refractivity contribution in [2.75, 3.05) is 13.1 Å². The number of carbonyl (C=O) groups is 1. The summed E-state index contributed by atoms with van der Waals surface area (Å²) in [5.74, 6) is 0. The number of amides is 1. The van der Waals surface area contributed by atoms with E-state index in [0.717, 1.165) is 5.56 Å². The summed E-state index contributed by atoms with van der Waals surface area (Å²) in [6.45, 7) is 1.04. The summed E-state index contributed by atoms with van der Waals surface area (Å²) in [5.41, 5.74) is 1.64. The molecule has 0 saturated carbocycles. The van der Waals surface area contributed by atoms with Crippen LogP contribution >= 0.6 is 0 Å². The minimum Gasteiger partial charge on any atom is -0.465 e. The standard InChI is InChI=1S/C13H14N2O3/c16-13(17)15-8-4-7-12(9-15)14-18-10-11-5-2-1-3-6-11/h1-7H,8-10H2,(H,16,17). The summed E-state index contributed by atoms with van der Waals surface area (Å²) in [6, 6.07) is 9.68. The molecule has 0 spiro atoms. The Kier molecular flexibility index (Phi) is 3.96. The number of oxime groups is 1. The maximum atomic E-state index is 10.8. The Morgan fingerprint density at radius 2 is 2.17 bits per heavy atom. The van der Waals surface area contributed by atoms with E-state index < -0.39 is 6.09 Å². The molecule has 1 heterocycles. The average Bonchev–Trinajstić information content (AvgIpc) is 2.40. The van der Waals surface area contributed by atoms with E-state index in [1.807, 2.05) is 30.3 Å². The Hall–Kier alpha value is -2.30. The minimum absolute atomic E-state index is 0.265. The van der Waals surface area contributed by atoms with E-state index in [4.69, 9.17) is 9.94 Å². The van der Waals surface area contributed by atoms with Crippen LogP contribution in [-0.2, 0) is 11.4 Å². The molecule has 0 atom stereocenters. The van der Waals surface area contributed by atoms with Crippen LogP contribution in [0.4, 0.5) is 4.79 Å². The van der Waals surface area contributed by atoms with E-state index in [9.17, 15) is 4.79 Å². The first-order valence-corrected chi connectivity index (χ1v) is 5.63. The number of hydrogen-bond donors (Lipinski definition) is 1. The molecular formula is C13H14N2O3. The quantitative estimate of drug-likeness (QED) is 0.831. The van der Waals surface area contributed by atoms with Gasteiger partial charge in [0.1, 0.15) is 6.61 Å². The maximum absolute atomic E-state index is 10.8. The van der Waals surface area contributed by atoms with Crippen molar-refractivity contribution in [3.8, 4) is 0 Å². The van der Waals surface area contributed by atoms with Crippen molar-refractivity contribution in [2.24, 2.45) is 5.16 Å². The third-order valence-corrected chi connectivity index (χ3v) is 2.52. The lowest BCUT2D eigenvalue weighted by Crippen LogP contribution is -2.36. The fraction of sp³-hybridized carbons (Fsp3) is 0.231. The zero-order valence-electron chi connectivity index (χ0n) is 9.82. The Bertz CT molecular complexity index is 468. The number of carboxylic acid groups (broad SMARTS) is 1. The van der Waals surface area contributed by atoms with Gasteiger partial charge >= 0.3 is 6.09 Å². The molecule has 0 bridgehead atoms. The molecule has 5 heteroatoms. The molecule has 1 amide bonds. The van der Waals surface area contributed by atoms with Crippen LogP contribution in [0.2, 0.25) is 0 Å². The van der Waals surface area contributed by atoms with Crippen LogP contribution in [0.5, 0.6) is 0 Å². The van der Waals surface area contributed by atoms with Crippen molar-refractivity contribution in [2.45, 2.75) is 6.61 Å². The summed E-state index contributed by atoms with van der Waals surface area (Å²) in [7, 11) is 0. The summed E-state index contributed by atoms with van der Waals surface area (Å²) in [4.78, 5) is 17.3. The molecule has 18 heavy (non-hydrogen) atoms. The first-order valence-electron chi connectivity index (χ1n) is 5.63. The van der Waals surface area contributed by atoms with Gasteiger partial charge in [-0.15, -0.1) is 0 Å². The zero-order valence-corrected chi connectivity index (χ0v) is 9.82. The van der Waals surface area contributed by atoms with Crippen LogP contribution < -0.4 is 0 Å². The average molecular weight is 246 g/mol. The highest BCUT2D eigenvalue weighted by Crippen LogP contribution is 2.04. The van der Waals surface area contributed by atoms with Gasteiger partial charge < -0.3 is 9.94 Å². The molecule has 0 radical (unpaired) electrons. The monoisotopic (exact) mass is 246 g/mol. The largest absolute Gasteiger partial charge is 0.465 e. The Morgan fingerprint density at radius 1 is 1.39 bits per heavy atom. The van der Waals surface area contributed by atoms with Crippen molar-refractivity contribution >= 4 is 11.8 Å². The predicted molar refractivity (Wildman–Crippen MR) is 67.4 cm³/mol. The van der Waals surface area contributed by atoms with Crippen molar-refractivity contribution in [3.63, 3.8) is 0 Å². The first kappa shape index (κ1) is 12.2. The van der Waals surface area contributed by atoms with Gasteiger partial charge in [-0.25, -0.2) is 4.79 Å². The zero-order chi connectivity index (χ0) is 12.8. The third-order valence-electron chi connectivity index (χ3n) is 2.52. The lowest BCUT2D eigenvalue weighted by molar-refractivity contribution is 0.128. The molecule has 0 fully saturated rings. The van der Waals surface area contributed by atoms with Crippen LogP contribution in [0.1, 0.15) is 5.56 Å². The van der Waals surface area contributed by atoms with E-state index in [1.54, 1.807) is 12.2 Å². The predicted octanol–water partition coefficient (Wildman–Crippen LogP) is 2.11. The fourth-order valence-electron chi connectivity index (χ4n) is 1.60. The smallest absolute Gasteiger partial charge is 0.407 e. The van der Waals surface area contributed by atoms with Gasteiger partial charge in [0.15, 0.2) is 0 Å². The second-order valence-corrected chi connectivity index (χ2v) is 3.91.